The van der Waals surface area contributed by atoms with Crippen LogP contribution in [0.3, 0.4) is 0 Å². The number of ketones is 1. The molecular weight excluding hydrogens is 506 g/mol. The average molecular weight is 532 g/mol. The van der Waals surface area contributed by atoms with Gasteiger partial charge < -0.3 is 10.3 Å². The summed E-state index contributed by atoms with van der Waals surface area (Å²) in [5.41, 5.74) is 6.39. The lowest BCUT2D eigenvalue weighted by Gasteiger charge is -2.09. The third-order valence-corrected chi connectivity index (χ3v) is 6.99. The van der Waals surface area contributed by atoms with Crippen LogP contribution in [0.1, 0.15) is 33.0 Å². The number of hydrogen-bond donors (Lipinski definition) is 2. The molecule has 0 radical (unpaired) electrons. The van der Waals surface area contributed by atoms with Gasteiger partial charge in [0.15, 0.2) is 5.78 Å². The smallest absolute Gasteiger partial charge is 0.255 e. The molecule has 0 bridgehead atoms. The molecular formula is C30H25N7OS. The van der Waals surface area contributed by atoms with E-state index in [-0.39, 0.29) is 5.78 Å². The minimum Gasteiger partial charge on any atom is -0.341 e. The summed E-state index contributed by atoms with van der Waals surface area (Å²) >= 11 is 1.50. The molecule has 3 aromatic heterocycles. The number of nitrogens with one attached hydrogen (secondary N) is 2. The minimum atomic E-state index is -0.0494. The molecule has 0 amide bonds. The first-order chi connectivity index (χ1) is 19.0. The maximum Gasteiger partial charge on any atom is 0.255 e. The summed E-state index contributed by atoms with van der Waals surface area (Å²) in [5.74, 6) is 2.68. The lowest BCUT2D eigenvalue weighted by molar-refractivity contribution is 0.104. The van der Waals surface area contributed by atoms with E-state index in [0.29, 0.717) is 22.3 Å². The van der Waals surface area contributed by atoms with Crippen LogP contribution in [0.25, 0.3) is 22.9 Å². The predicted molar refractivity (Wildman–Crippen MR) is 155 cm³/mol. The Morgan fingerprint density at radius 2 is 1.77 bits per heavy atom. The van der Waals surface area contributed by atoms with Crippen LogP contribution in [0, 0.1) is 13.8 Å². The average Bonchev–Trinajstić information content (AvgIpc) is 3.55. The first-order valence-corrected chi connectivity index (χ1v) is 13.5. The number of nitrogens with zero attached hydrogens (tertiary/aromatic N) is 5. The minimum absolute atomic E-state index is 0.0494. The highest BCUT2D eigenvalue weighted by atomic mass is 32.2. The standard InChI is InChI=1S/C30H25N7OS/c1-19-7-9-21(10-8-19)11-16-26(38)22-12-14-23(15-13-22)32-28-17-20(2)31-29-35-30(36-37(28)29)39-18-27-33-24-5-3-4-6-25(24)34-27/h3-17,32H,18H2,1-2H3,(H,33,34)/b16-11+. The molecule has 0 atom stereocenters. The molecule has 192 valence electrons. The highest BCUT2D eigenvalue weighted by Crippen LogP contribution is 2.24. The number of allylic oxidation sites excluding steroid dienone is 1. The molecule has 0 spiro atoms. The monoisotopic (exact) mass is 531 g/mol. The van der Waals surface area contributed by atoms with Gasteiger partial charge in [0.2, 0.25) is 5.16 Å². The molecule has 3 heterocycles. The van der Waals surface area contributed by atoms with E-state index in [1.807, 2.05) is 98.8 Å². The fourth-order valence-corrected chi connectivity index (χ4v) is 4.83. The van der Waals surface area contributed by atoms with Crippen molar-refractivity contribution in [2.24, 2.45) is 0 Å². The van der Waals surface area contributed by atoms with Gasteiger partial charge in [-0.25, -0.2) is 9.97 Å². The third-order valence-electron chi connectivity index (χ3n) is 6.14. The van der Waals surface area contributed by atoms with Gasteiger partial charge in [-0.3, -0.25) is 4.79 Å². The quantitative estimate of drug-likeness (QED) is 0.130. The van der Waals surface area contributed by atoms with Crippen LogP contribution in [0.15, 0.2) is 90.1 Å². The van der Waals surface area contributed by atoms with E-state index in [2.05, 4.69) is 30.4 Å². The summed E-state index contributed by atoms with van der Waals surface area (Å²) in [4.78, 5) is 29.7. The normalized spacial score (nSPS) is 11.5. The molecule has 0 saturated heterocycles. The Morgan fingerprint density at radius 3 is 2.56 bits per heavy atom. The van der Waals surface area contributed by atoms with E-state index >= 15 is 0 Å². The van der Waals surface area contributed by atoms with Crippen molar-refractivity contribution in [1.82, 2.24) is 29.5 Å². The number of carbonyl (C=O) groups excluding carboxylic acids is 1. The van der Waals surface area contributed by atoms with Crippen molar-refractivity contribution in [3.8, 4) is 0 Å². The number of benzene rings is 3. The number of carbonyl (C=O) groups is 1. The van der Waals surface area contributed by atoms with Crippen LogP contribution in [-0.4, -0.2) is 35.3 Å². The van der Waals surface area contributed by atoms with Gasteiger partial charge in [0.25, 0.3) is 5.78 Å². The second-order valence-corrected chi connectivity index (χ2v) is 10.1. The molecule has 6 aromatic rings. The predicted octanol–water partition coefficient (Wildman–Crippen LogP) is 6.55. The fourth-order valence-electron chi connectivity index (χ4n) is 4.14. The Hall–Kier alpha value is -4.76. The van der Waals surface area contributed by atoms with Crippen molar-refractivity contribution in [2.75, 3.05) is 5.32 Å². The molecule has 0 aliphatic rings. The van der Waals surface area contributed by atoms with Crippen LogP contribution >= 0.6 is 11.8 Å². The number of rotatable bonds is 8. The van der Waals surface area contributed by atoms with Crippen molar-refractivity contribution >= 4 is 51.9 Å². The van der Waals surface area contributed by atoms with Crippen LogP contribution in [0.5, 0.6) is 0 Å². The topological polar surface area (TPSA) is 101 Å². The van der Waals surface area contributed by atoms with Crippen molar-refractivity contribution in [1.29, 1.82) is 0 Å². The lowest BCUT2D eigenvalue weighted by Crippen LogP contribution is -2.03. The van der Waals surface area contributed by atoms with E-state index in [9.17, 15) is 4.79 Å². The Morgan fingerprint density at radius 1 is 0.974 bits per heavy atom. The van der Waals surface area contributed by atoms with Gasteiger partial charge in [-0.2, -0.15) is 9.50 Å². The summed E-state index contributed by atoms with van der Waals surface area (Å²) < 4.78 is 1.69. The first kappa shape index (κ1) is 24.6. The van der Waals surface area contributed by atoms with Gasteiger partial charge in [0, 0.05) is 23.0 Å². The van der Waals surface area contributed by atoms with Crippen LogP contribution in [0.2, 0.25) is 0 Å². The maximum atomic E-state index is 12.6. The number of imidazole rings is 1. The number of para-hydroxylation sites is 2. The van der Waals surface area contributed by atoms with Gasteiger partial charge in [-0.15, -0.1) is 5.10 Å². The second-order valence-electron chi connectivity index (χ2n) is 9.19. The molecule has 0 saturated carbocycles. The number of hydrogen-bond acceptors (Lipinski definition) is 7. The van der Waals surface area contributed by atoms with Crippen LogP contribution < -0.4 is 5.32 Å². The largest absolute Gasteiger partial charge is 0.341 e. The third kappa shape index (κ3) is 5.58. The maximum absolute atomic E-state index is 12.6. The Balaban J connectivity index is 1.16. The lowest BCUT2D eigenvalue weighted by atomic mass is 10.1. The molecule has 0 aliphatic heterocycles. The zero-order chi connectivity index (χ0) is 26.8. The second kappa shape index (κ2) is 10.5. The van der Waals surface area contributed by atoms with Gasteiger partial charge in [-0.05, 0) is 61.9 Å². The van der Waals surface area contributed by atoms with Crippen molar-refractivity contribution in [3.63, 3.8) is 0 Å². The molecule has 0 fully saturated rings. The molecule has 0 aliphatic carbocycles. The number of thioether (sulfide) groups is 1. The summed E-state index contributed by atoms with van der Waals surface area (Å²) in [6.45, 7) is 3.96. The van der Waals surface area contributed by atoms with E-state index in [0.717, 1.165) is 39.6 Å². The highest BCUT2D eigenvalue weighted by Gasteiger charge is 2.12. The molecule has 8 nitrogen and oxygen atoms in total. The van der Waals surface area contributed by atoms with E-state index in [1.54, 1.807) is 10.6 Å². The number of aromatic nitrogens is 6. The molecule has 9 heteroatoms. The van der Waals surface area contributed by atoms with Gasteiger partial charge in [0.05, 0.1) is 16.8 Å². The van der Waals surface area contributed by atoms with E-state index in [1.165, 1.54) is 17.3 Å². The Labute approximate surface area is 229 Å². The van der Waals surface area contributed by atoms with Crippen molar-refractivity contribution in [2.45, 2.75) is 24.8 Å². The first-order valence-electron chi connectivity index (χ1n) is 12.5. The highest BCUT2D eigenvalue weighted by molar-refractivity contribution is 7.98. The van der Waals surface area contributed by atoms with Crippen molar-refractivity contribution < 1.29 is 4.79 Å². The SMILES string of the molecule is Cc1ccc(/C=C/C(=O)c2ccc(Nc3cc(C)nc4nc(SCc5nc6ccccc6[nH]5)nn34)cc2)cc1. The number of aromatic amines is 1. The number of anilines is 2. The van der Waals surface area contributed by atoms with Gasteiger partial charge >= 0.3 is 0 Å². The number of fused-ring (bicyclic) bond motifs is 2. The Kier molecular flexibility index (Phi) is 6.64. The molecule has 39 heavy (non-hydrogen) atoms. The zero-order valence-electron chi connectivity index (χ0n) is 21.4. The van der Waals surface area contributed by atoms with Crippen LogP contribution in [-0.2, 0) is 5.75 Å². The summed E-state index contributed by atoms with van der Waals surface area (Å²) in [6.07, 6.45) is 3.43. The fraction of sp³-hybridized carbons (Fsp3) is 0.100. The summed E-state index contributed by atoms with van der Waals surface area (Å²) in [5, 5.41) is 8.66. The number of aryl methyl sites for hydroxylation is 2. The molecule has 0 unspecified atom stereocenters. The summed E-state index contributed by atoms with van der Waals surface area (Å²) in [7, 11) is 0. The molecule has 2 N–H and O–H groups in total. The summed E-state index contributed by atoms with van der Waals surface area (Å²) in [6, 6.07) is 25.3. The Bertz CT molecular complexity index is 1790. The van der Waals surface area contributed by atoms with Crippen LogP contribution in [0.4, 0.5) is 11.5 Å². The molecule has 3 aromatic carbocycles. The number of H-pyrrole nitrogens is 1. The van der Waals surface area contributed by atoms with Gasteiger partial charge in [-0.1, -0.05) is 59.8 Å². The zero-order valence-corrected chi connectivity index (χ0v) is 22.2. The van der Waals surface area contributed by atoms with Gasteiger partial charge in [0.1, 0.15) is 11.6 Å². The van der Waals surface area contributed by atoms with Crippen molar-refractivity contribution in [3.05, 3.63) is 113 Å². The van der Waals surface area contributed by atoms with E-state index in [4.69, 9.17) is 0 Å². The van der Waals surface area contributed by atoms with E-state index < -0.39 is 0 Å². The molecule has 6 rings (SSSR count).